The first-order chi connectivity index (χ1) is 11.0. The van der Waals surface area contributed by atoms with Gasteiger partial charge >= 0.3 is 0 Å². The molecule has 5 nitrogen and oxygen atoms in total. The maximum Gasteiger partial charge on any atom is 0.233 e. The maximum absolute atomic E-state index is 13.2. The van der Waals surface area contributed by atoms with Crippen molar-refractivity contribution in [3.05, 3.63) is 53.7 Å². The van der Waals surface area contributed by atoms with Crippen molar-refractivity contribution in [2.24, 2.45) is 0 Å². The molecule has 23 heavy (non-hydrogen) atoms. The molecule has 1 amide bonds. The Bertz CT molecular complexity index is 873. The minimum Gasteiger partial charge on any atom is -0.482 e. The van der Waals surface area contributed by atoms with Crippen molar-refractivity contribution in [2.45, 2.75) is 20.5 Å². The highest BCUT2D eigenvalue weighted by Gasteiger charge is 2.10. The third-order valence-corrected chi connectivity index (χ3v) is 3.19. The molecule has 0 saturated carbocycles. The summed E-state index contributed by atoms with van der Waals surface area (Å²) in [5.74, 6) is 0.301. The number of fused-ring (bicyclic) bond motifs is 1. The van der Waals surface area contributed by atoms with Crippen molar-refractivity contribution in [3.8, 4) is 5.75 Å². The minimum atomic E-state index is -0.370. The fraction of sp³-hybridized carbons (Fsp3) is 0.176. The molecule has 118 valence electrons. The zero-order valence-electron chi connectivity index (χ0n) is 12.7. The average molecular weight is 314 g/mol. The molecule has 0 aliphatic heterocycles. The average Bonchev–Trinajstić information content (AvgIpc) is 2.89. The van der Waals surface area contributed by atoms with Crippen molar-refractivity contribution < 1.29 is 18.3 Å². The molecule has 0 fully saturated rings. The van der Waals surface area contributed by atoms with Gasteiger partial charge in [0.1, 0.15) is 17.1 Å². The summed E-state index contributed by atoms with van der Waals surface area (Å²) in [7, 11) is 0. The number of aromatic nitrogens is 1. The third-order valence-electron chi connectivity index (χ3n) is 3.19. The summed E-state index contributed by atoms with van der Waals surface area (Å²) < 4.78 is 24.4. The Hall–Kier alpha value is -2.89. The lowest BCUT2D eigenvalue weighted by molar-refractivity contribution is -0.114. The molecular weight excluding hydrogens is 299 g/mol. The number of rotatable bonds is 4. The Morgan fingerprint density at radius 2 is 2.13 bits per heavy atom. The molecule has 3 aromatic rings. The highest BCUT2D eigenvalue weighted by molar-refractivity contribution is 5.90. The molecule has 0 aliphatic rings. The van der Waals surface area contributed by atoms with Gasteiger partial charge in [-0.25, -0.2) is 9.37 Å². The van der Waals surface area contributed by atoms with Gasteiger partial charge < -0.3 is 14.5 Å². The van der Waals surface area contributed by atoms with E-state index in [1.54, 1.807) is 6.07 Å². The molecule has 0 spiro atoms. The monoisotopic (exact) mass is 314 g/mol. The highest BCUT2D eigenvalue weighted by atomic mass is 19.1. The van der Waals surface area contributed by atoms with E-state index in [-0.39, 0.29) is 18.3 Å². The largest absolute Gasteiger partial charge is 0.482 e. The van der Waals surface area contributed by atoms with Gasteiger partial charge in [-0.3, -0.25) is 4.79 Å². The number of nitrogens with zero attached hydrogens (tertiary/aromatic N) is 1. The standard InChI is InChI=1S/C17H15FN2O3/c1-10-3-5-13(19-11(2)21)16(7-10)22-9-17-20-14-8-12(18)4-6-15(14)23-17/h3-8H,9H2,1-2H3,(H,19,21). The van der Waals surface area contributed by atoms with Gasteiger partial charge in [-0.2, -0.15) is 0 Å². The molecule has 2 aromatic carbocycles. The Morgan fingerprint density at radius 3 is 2.91 bits per heavy atom. The van der Waals surface area contributed by atoms with Crippen LogP contribution in [-0.4, -0.2) is 10.9 Å². The zero-order chi connectivity index (χ0) is 16.4. The van der Waals surface area contributed by atoms with Crippen LogP contribution in [0.2, 0.25) is 0 Å². The van der Waals surface area contributed by atoms with Crippen LogP contribution >= 0.6 is 0 Å². The van der Waals surface area contributed by atoms with E-state index in [9.17, 15) is 9.18 Å². The van der Waals surface area contributed by atoms with E-state index in [0.717, 1.165) is 5.56 Å². The lowest BCUT2D eigenvalue weighted by Crippen LogP contribution is -2.08. The molecule has 0 unspecified atom stereocenters. The Labute approximate surface area is 132 Å². The number of halogens is 1. The first-order valence-electron chi connectivity index (χ1n) is 7.07. The van der Waals surface area contributed by atoms with E-state index in [4.69, 9.17) is 9.15 Å². The van der Waals surface area contributed by atoms with E-state index < -0.39 is 0 Å². The van der Waals surface area contributed by atoms with Crippen molar-refractivity contribution >= 4 is 22.7 Å². The number of hydrogen-bond donors (Lipinski definition) is 1. The fourth-order valence-corrected chi connectivity index (χ4v) is 2.19. The summed E-state index contributed by atoms with van der Waals surface area (Å²) in [5, 5.41) is 2.71. The molecule has 0 atom stereocenters. The zero-order valence-corrected chi connectivity index (χ0v) is 12.7. The van der Waals surface area contributed by atoms with Crippen molar-refractivity contribution in [1.29, 1.82) is 0 Å². The van der Waals surface area contributed by atoms with Crippen molar-refractivity contribution in [3.63, 3.8) is 0 Å². The summed E-state index contributed by atoms with van der Waals surface area (Å²) in [6.45, 7) is 3.43. The summed E-state index contributed by atoms with van der Waals surface area (Å²) in [4.78, 5) is 15.4. The second kappa shape index (κ2) is 6.08. The number of benzene rings is 2. The minimum absolute atomic E-state index is 0.0757. The van der Waals surface area contributed by atoms with Gasteiger partial charge in [0.15, 0.2) is 12.2 Å². The van der Waals surface area contributed by atoms with Gasteiger partial charge in [-0.1, -0.05) is 6.07 Å². The summed E-state index contributed by atoms with van der Waals surface area (Å²) in [6.07, 6.45) is 0. The van der Waals surface area contributed by atoms with Crippen LogP contribution in [-0.2, 0) is 11.4 Å². The number of amides is 1. The molecule has 0 aliphatic carbocycles. The normalized spacial score (nSPS) is 10.7. The quantitative estimate of drug-likeness (QED) is 0.795. The Morgan fingerprint density at radius 1 is 1.30 bits per heavy atom. The molecule has 1 aromatic heterocycles. The van der Waals surface area contributed by atoms with E-state index in [1.165, 1.54) is 25.1 Å². The number of carbonyl (C=O) groups excluding carboxylic acids is 1. The Balaban J connectivity index is 1.81. The van der Waals surface area contributed by atoms with Crippen molar-refractivity contribution in [2.75, 3.05) is 5.32 Å². The first kappa shape index (κ1) is 15.0. The molecular formula is C17H15FN2O3. The molecule has 0 saturated heterocycles. The predicted molar refractivity (Wildman–Crippen MR) is 83.8 cm³/mol. The number of aryl methyl sites for hydroxylation is 1. The van der Waals surface area contributed by atoms with Gasteiger partial charge in [0, 0.05) is 13.0 Å². The topological polar surface area (TPSA) is 64.4 Å². The summed E-state index contributed by atoms with van der Waals surface area (Å²) >= 11 is 0. The van der Waals surface area contributed by atoms with E-state index in [2.05, 4.69) is 10.3 Å². The van der Waals surface area contributed by atoms with Gasteiger partial charge in [0.05, 0.1) is 5.69 Å². The number of ether oxygens (including phenoxy) is 1. The van der Waals surface area contributed by atoms with Crippen LogP contribution in [0.15, 0.2) is 40.8 Å². The number of carbonyl (C=O) groups is 1. The molecule has 6 heteroatoms. The van der Waals surface area contributed by atoms with E-state index in [0.29, 0.717) is 28.4 Å². The predicted octanol–water partition coefficient (Wildman–Crippen LogP) is 3.81. The summed E-state index contributed by atoms with van der Waals surface area (Å²) in [6, 6.07) is 9.60. The van der Waals surface area contributed by atoms with Crippen molar-refractivity contribution in [1.82, 2.24) is 4.98 Å². The molecule has 3 rings (SSSR count). The number of oxazole rings is 1. The van der Waals surface area contributed by atoms with Gasteiger partial charge in [-0.05, 0) is 36.8 Å². The second-order valence-corrected chi connectivity index (χ2v) is 5.19. The molecule has 1 N–H and O–H groups in total. The number of anilines is 1. The smallest absolute Gasteiger partial charge is 0.233 e. The molecule has 1 heterocycles. The first-order valence-corrected chi connectivity index (χ1v) is 7.07. The summed E-state index contributed by atoms with van der Waals surface area (Å²) in [5.41, 5.74) is 2.50. The third kappa shape index (κ3) is 3.48. The van der Waals surface area contributed by atoms with E-state index >= 15 is 0 Å². The van der Waals surface area contributed by atoms with Crippen LogP contribution in [0.1, 0.15) is 18.4 Å². The SMILES string of the molecule is CC(=O)Nc1ccc(C)cc1OCc1nc2cc(F)ccc2o1. The number of hydrogen-bond acceptors (Lipinski definition) is 4. The van der Waals surface area contributed by atoms with Gasteiger partial charge in [0.25, 0.3) is 0 Å². The lowest BCUT2D eigenvalue weighted by atomic mass is 10.2. The fourth-order valence-electron chi connectivity index (χ4n) is 2.19. The maximum atomic E-state index is 13.2. The van der Waals surface area contributed by atoms with Crippen LogP contribution in [0.3, 0.4) is 0 Å². The van der Waals surface area contributed by atoms with Crippen LogP contribution in [0.25, 0.3) is 11.1 Å². The van der Waals surface area contributed by atoms with Crippen LogP contribution < -0.4 is 10.1 Å². The molecule has 0 bridgehead atoms. The van der Waals surface area contributed by atoms with Gasteiger partial charge in [-0.15, -0.1) is 0 Å². The second-order valence-electron chi connectivity index (χ2n) is 5.19. The Kier molecular flexibility index (Phi) is 3.97. The molecule has 0 radical (unpaired) electrons. The lowest BCUT2D eigenvalue weighted by Gasteiger charge is -2.11. The highest BCUT2D eigenvalue weighted by Crippen LogP contribution is 2.27. The van der Waals surface area contributed by atoms with Crippen LogP contribution in [0, 0.1) is 12.7 Å². The van der Waals surface area contributed by atoms with E-state index in [1.807, 2.05) is 19.1 Å². The van der Waals surface area contributed by atoms with Gasteiger partial charge in [0.2, 0.25) is 11.8 Å². The van der Waals surface area contributed by atoms with Crippen LogP contribution in [0.4, 0.5) is 10.1 Å². The number of nitrogens with one attached hydrogen (secondary N) is 1. The van der Waals surface area contributed by atoms with Crippen LogP contribution in [0.5, 0.6) is 5.75 Å².